The summed E-state index contributed by atoms with van der Waals surface area (Å²) >= 11 is 1.50. The minimum absolute atomic E-state index is 0.0638. The molecular weight excluding hydrogens is 472 g/mol. The second-order valence-corrected chi connectivity index (χ2v) is 10.0. The number of benzene rings is 2. The summed E-state index contributed by atoms with van der Waals surface area (Å²) in [5.74, 6) is 0.00682. The van der Waals surface area contributed by atoms with E-state index in [9.17, 15) is 13.2 Å². The first kappa shape index (κ1) is 23.6. The highest BCUT2D eigenvalue weighted by Crippen LogP contribution is 2.24. The molecule has 2 aromatic carbocycles. The lowest BCUT2D eigenvalue weighted by molar-refractivity contribution is -0.139. The van der Waals surface area contributed by atoms with Gasteiger partial charge in [0.25, 0.3) is 0 Å². The van der Waals surface area contributed by atoms with Gasteiger partial charge in [0.15, 0.2) is 0 Å². The molecule has 1 N–H and O–H groups in total. The highest BCUT2D eigenvalue weighted by molar-refractivity contribution is 7.89. The van der Waals surface area contributed by atoms with Crippen molar-refractivity contribution in [1.29, 1.82) is 0 Å². The predicted molar refractivity (Wildman–Crippen MR) is 130 cm³/mol. The molecule has 0 saturated carbocycles. The standard InChI is InChI=1S/C25H22N2O5S2/c1-18-4-9-20(10-5-18)25-27-21(17-33-25)16-32-24(28)13-8-19-6-11-23(12-7-19)34(29,30)26-15-22-3-2-14-31-22/h2-14,17,26H,15-16H2,1H3/b13-8+. The van der Waals surface area contributed by atoms with Crippen LogP contribution >= 0.6 is 11.3 Å². The van der Waals surface area contributed by atoms with E-state index in [1.54, 1.807) is 30.3 Å². The molecule has 174 valence electrons. The number of thiazole rings is 1. The summed E-state index contributed by atoms with van der Waals surface area (Å²) in [5.41, 5.74) is 3.55. The molecule has 2 heterocycles. The molecule has 2 aromatic heterocycles. The number of esters is 1. The third-order valence-corrected chi connectivity index (χ3v) is 7.19. The zero-order valence-electron chi connectivity index (χ0n) is 18.3. The van der Waals surface area contributed by atoms with E-state index in [1.807, 2.05) is 36.6 Å². The number of carbonyl (C=O) groups is 1. The van der Waals surface area contributed by atoms with Crippen molar-refractivity contribution < 1.29 is 22.4 Å². The first-order valence-electron chi connectivity index (χ1n) is 10.4. The molecule has 0 bridgehead atoms. The van der Waals surface area contributed by atoms with Gasteiger partial charge in [0.1, 0.15) is 17.4 Å². The number of carbonyl (C=O) groups excluding carboxylic acids is 1. The number of furan rings is 1. The monoisotopic (exact) mass is 494 g/mol. The first-order valence-corrected chi connectivity index (χ1v) is 12.7. The summed E-state index contributed by atoms with van der Waals surface area (Å²) in [6.07, 6.45) is 4.34. The number of ether oxygens (including phenoxy) is 1. The van der Waals surface area contributed by atoms with Crippen LogP contribution in [0.4, 0.5) is 0 Å². The lowest BCUT2D eigenvalue weighted by atomic mass is 10.2. The van der Waals surface area contributed by atoms with E-state index in [0.29, 0.717) is 17.0 Å². The average Bonchev–Trinajstić information content (AvgIpc) is 3.53. The lowest BCUT2D eigenvalue weighted by Crippen LogP contribution is -2.22. The molecule has 34 heavy (non-hydrogen) atoms. The van der Waals surface area contributed by atoms with E-state index < -0.39 is 16.0 Å². The Hall–Kier alpha value is -3.53. The number of hydrogen-bond donors (Lipinski definition) is 1. The fourth-order valence-electron chi connectivity index (χ4n) is 2.98. The third-order valence-electron chi connectivity index (χ3n) is 4.83. The van der Waals surface area contributed by atoms with Crippen molar-refractivity contribution in [3.05, 3.63) is 101 Å². The highest BCUT2D eigenvalue weighted by Gasteiger charge is 2.14. The number of rotatable bonds is 9. The Bertz CT molecular complexity index is 1370. The van der Waals surface area contributed by atoms with E-state index in [4.69, 9.17) is 9.15 Å². The van der Waals surface area contributed by atoms with Gasteiger partial charge in [-0.1, -0.05) is 42.0 Å². The molecule has 0 aliphatic carbocycles. The molecule has 4 rings (SSSR count). The van der Waals surface area contributed by atoms with Crippen molar-refractivity contribution in [3.8, 4) is 10.6 Å². The minimum atomic E-state index is -3.68. The molecule has 0 aliphatic heterocycles. The van der Waals surface area contributed by atoms with Crippen molar-refractivity contribution in [3.63, 3.8) is 0 Å². The first-order chi connectivity index (χ1) is 16.4. The Labute approximate surface area is 201 Å². The molecule has 0 radical (unpaired) electrons. The Balaban J connectivity index is 1.29. The molecule has 0 unspecified atom stereocenters. The maximum atomic E-state index is 12.4. The molecule has 9 heteroatoms. The summed E-state index contributed by atoms with van der Waals surface area (Å²) in [6, 6.07) is 17.6. The van der Waals surface area contributed by atoms with Crippen molar-refractivity contribution in [2.45, 2.75) is 25.0 Å². The van der Waals surface area contributed by atoms with Gasteiger partial charge in [0.2, 0.25) is 10.0 Å². The minimum Gasteiger partial charge on any atom is -0.468 e. The summed E-state index contributed by atoms with van der Waals surface area (Å²) in [4.78, 5) is 16.7. The molecule has 4 aromatic rings. The van der Waals surface area contributed by atoms with Crippen LogP contribution in [-0.2, 0) is 32.7 Å². The summed E-state index contributed by atoms with van der Waals surface area (Å²) in [5, 5.41) is 2.74. The topological polar surface area (TPSA) is 98.5 Å². The number of hydrogen-bond acceptors (Lipinski definition) is 7. The van der Waals surface area contributed by atoms with Crippen molar-refractivity contribution >= 4 is 33.4 Å². The molecule has 0 atom stereocenters. The van der Waals surface area contributed by atoms with Crippen LogP contribution in [0.3, 0.4) is 0 Å². The Morgan fingerprint density at radius 3 is 2.59 bits per heavy atom. The molecular formula is C25H22N2O5S2. The second-order valence-electron chi connectivity index (χ2n) is 7.42. The van der Waals surface area contributed by atoms with Gasteiger partial charge in [-0.15, -0.1) is 11.3 Å². The maximum absolute atomic E-state index is 12.4. The summed E-state index contributed by atoms with van der Waals surface area (Å²) in [6.45, 7) is 2.17. The van der Waals surface area contributed by atoms with Gasteiger partial charge >= 0.3 is 5.97 Å². The highest BCUT2D eigenvalue weighted by atomic mass is 32.2. The maximum Gasteiger partial charge on any atom is 0.331 e. The van der Waals surface area contributed by atoms with Crippen LogP contribution < -0.4 is 4.72 Å². The number of nitrogens with one attached hydrogen (secondary N) is 1. The molecule has 0 aliphatic rings. The van der Waals surface area contributed by atoms with Crippen LogP contribution in [0.1, 0.15) is 22.6 Å². The van der Waals surface area contributed by atoms with E-state index in [2.05, 4.69) is 9.71 Å². The second kappa shape index (κ2) is 10.6. The fourth-order valence-corrected chi connectivity index (χ4v) is 4.78. The van der Waals surface area contributed by atoms with Gasteiger partial charge in [0, 0.05) is 17.0 Å². The molecule has 0 amide bonds. The van der Waals surface area contributed by atoms with Gasteiger partial charge < -0.3 is 9.15 Å². The van der Waals surface area contributed by atoms with E-state index in [-0.39, 0.29) is 18.0 Å². The molecule has 0 saturated heterocycles. The normalized spacial score (nSPS) is 11.7. The van der Waals surface area contributed by atoms with Gasteiger partial charge in [0.05, 0.1) is 23.4 Å². The van der Waals surface area contributed by atoms with Gasteiger partial charge in [-0.2, -0.15) is 0 Å². The molecule has 0 spiro atoms. The average molecular weight is 495 g/mol. The zero-order valence-corrected chi connectivity index (χ0v) is 19.9. The van der Waals surface area contributed by atoms with Crippen molar-refractivity contribution in [2.75, 3.05) is 0 Å². The Kier molecular flexibility index (Phi) is 7.36. The fraction of sp³-hybridized carbons (Fsp3) is 0.120. The lowest BCUT2D eigenvalue weighted by Gasteiger charge is -2.05. The summed E-state index contributed by atoms with van der Waals surface area (Å²) in [7, 11) is -3.68. The van der Waals surface area contributed by atoms with Crippen LogP contribution in [0, 0.1) is 6.92 Å². The Morgan fingerprint density at radius 2 is 1.88 bits per heavy atom. The van der Waals surface area contributed by atoms with E-state index in [0.717, 1.165) is 10.6 Å². The third kappa shape index (κ3) is 6.28. The van der Waals surface area contributed by atoms with Crippen molar-refractivity contribution in [2.24, 2.45) is 0 Å². The largest absolute Gasteiger partial charge is 0.468 e. The Morgan fingerprint density at radius 1 is 1.12 bits per heavy atom. The quantitative estimate of drug-likeness (QED) is 0.261. The SMILES string of the molecule is Cc1ccc(-c2nc(COC(=O)/C=C/c3ccc(S(=O)(=O)NCc4ccco4)cc3)cs2)cc1. The number of aromatic nitrogens is 1. The number of aryl methyl sites for hydroxylation is 1. The smallest absolute Gasteiger partial charge is 0.331 e. The van der Waals surface area contributed by atoms with Crippen LogP contribution in [0.5, 0.6) is 0 Å². The summed E-state index contributed by atoms with van der Waals surface area (Å²) < 4.78 is 37.6. The van der Waals surface area contributed by atoms with Crippen LogP contribution in [-0.4, -0.2) is 19.4 Å². The van der Waals surface area contributed by atoms with E-state index >= 15 is 0 Å². The van der Waals surface area contributed by atoms with Crippen LogP contribution in [0.15, 0.2) is 87.7 Å². The van der Waals surface area contributed by atoms with Crippen LogP contribution in [0.2, 0.25) is 0 Å². The van der Waals surface area contributed by atoms with E-state index in [1.165, 1.54) is 41.4 Å². The number of nitrogens with zero attached hydrogens (tertiary/aromatic N) is 1. The van der Waals surface area contributed by atoms with Crippen molar-refractivity contribution in [1.82, 2.24) is 9.71 Å². The van der Waals surface area contributed by atoms with Gasteiger partial charge in [-0.3, -0.25) is 0 Å². The predicted octanol–water partition coefficient (Wildman–Crippen LogP) is 4.95. The molecule has 7 nitrogen and oxygen atoms in total. The van der Waals surface area contributed by atoms with Gasteiger partial charge in [-0.05, 0) is 42.8 Å². The number of sulfonamides is 1. The zero-order chi connectivity index (χ0) is 24.0. The van der Waals surface area contributed by atoms with Gasteiger partial charge in [-0.25, -0.2) is 22.9 Å². The molecule has 0 fully saturated rings. The van der Waals surface area contributed by atoms with Crippen LogP contribution in [0.25, 0.3) is 16.6 Å².